The third kappa shape index (κ3) is 6.77. The maximum Gasteiger partial charge on any atom is 0.360 e. The van der Waals surface area contributed by atoms with Gasteiger partial charge in [0, 0.05) is 10.7 Å². The summed E-state index contributed by atoms with van der Waals surface area (Å²) in [5, 5.41) is 4.40. The van der Waals surface area contributed by atoms with E-state index in [4.69, 9.17) is 25.6 Å². The van der Waals surface area contributed by atoms with Crippen molar-refractivity contribution in [2.75, 3.05) is 11.5 Å². The highest BCUT2D eigenvalue weighted by Crippen LogP contribution is 2.23. The van der Waals surface area contributed by atoms with Crippen molar-refractivity contribution < 1.29 is 23.6 Å². The van der Waals surface area contributed by atoms with E-state index in [1.807, 2.05) is 54.6 Å². The van der Waals surface area contributed by atoms with Gasteiger partial charge in [-0.25, -0.2) is 4.79 Å². The fourth-order valence-corrected chi connectivity index (χ4v) is 3.89. The van der Waals surface area contributed by atoms with Gasteiger partial charge in [-0.15, -0.1) is 0 Å². The molecular formula is C29H27ClN2O5. The predicted octanol–water partition coefficient (Wildman–Crippen LogP) is 6.17. The van der Waals surface area contributed by atoms with Crippen molar-refractivity contribution in [1.82, 2.24) is 5.16 Å². The smallest absolute Gasteiger partial charge is 0.360 e. The lowest BCUT2D eigenvalue weighted by atomic mass is 10.1. The van der Waals surface area contributed by atoms with Crippen LogP contribution in [0.25, 0.3) is 0 Å². The molecule has 0 saturated carbocycles. The summed E-state index contributed by atoms with van der Waals surface area (Å²) in [7, 11) is 0. The van der Waals surface area contributed by atoms with E-state index in [2.05, 4.69) is 5.16 Å². The van der Waals surface area contributed by atoms with Crippen LogP contribution in [0.2, 0.25) is 5.02 Å². The van der Waals surface area contributed by atoms with E-state index in [-0.39, 0.29) is 31.2 Å². The Morgan fingerprint density at radius 1 is 0.946 bits per heavy atom. The Morgan fingerprint density at radius 2 is 1.65 bits per heavy atom. The number of esters is 1. The molecule has 1 heterocycles. The average molecular weight is 519 g/mol. The summed E-state index contributed by atoms with van der Waals surface area (Å²) in [6, 6.07) is 24.4. The number of aryl methyl sites for hydroxylation is 1. The number of carbonyl (C=O) groups excluding carboxylic acids is 2. The Kier molecular flexibility index (Phi) is 8.59. The van der Waals surface area contributed by atoms with Crippen molar-refractivity contribution in [2.24, 2.45) is 0 Å². The van der Waals surface area contributed by atoms with Gasteiger partial charge in [0.2, 0.25) is 5.91 Å². The van der Waals surface area contributed by atoms with Crippen molar-refractivity contribution >= 4 is 29.2 Å². The molecule has 3 aromatic carbocycles. The molecule has 0 atom stereocenters. The van der Waals surface area contributed by atoms with Crippen molar-refractivity contribution in [3.8, 4) is 5.75 Å². The standard InChI is InChI=1S/C29H27ClN2O5/c1-3-35-29(34)28-26(20(2)37-31-28)19-36-25-15-9-21(10-16-25)17-27(33)32(18-22-7-5-4-6-8-22)24-13-11-23(30)12-14-24/h4-16H,3,17-19H2,1-2H3. The van der Waals surface area contributed by atoms with E-state index in [1.165, 1.54) is 0 Å². The Labute approximate surface area is 220 Å². The Balaban J connectivity index is 1.43. The number of aromatic nitrogens is 1. The number of anilines is 1. The molecular weight excluding hydrogens is 492 g/mol. The molecule has 8 heteroatoms. The zero-order valence-electron chi connectivity index (χ0n) is 20.6. The van der Waals surface area contributed by atoms with E-state index >= 15 is 0 Å². The van der Waals surface area contributed by atoms with Gasteiger partial charge < -0.3 is 18.9 Å². The Hall–Kier alpha value is -4.10. The van der Waals surface area contributed by atoms with Crippen LogP contribution in [0.3, 0.4) is 0 Å². The SMILES string of the molecule is CCOC(=O)c1noc(C)c1COc1ccc(CC(=O)N(Cc2ccccc2)c2ccc(Cl)cc2)cc1. The number of nitrogens with zero attached hydrogens (tertiary/aromatic N) is 2. The minimum Gasteiger partial charge on any atom is -0.489 e. The second-order valence-corrected chi connectivity index (χ2v) is 8.77. The maximum absolute atomic E-state index is 13.4. The molecule has 0 fully saturated rings. The highest BCUT2D eigenvalue weighted by atomic mass is 35.5. The van der Waals surface area contributed by atoms with E-state index in [1.54, 1.807) is 43.0 Å². The molecule has 0 unspecified atom stereocenters. The third-order valence-electron chi connectivity index (χ3n) is 5.74. The molecule has 4 rings (SSSR count). The highest BCUT2D eigenvalue weighted by Gasteiger charge is 2.21. The minimum atomic E-state index is -0.549. The van der Waals surface area contributed by atoms with Gasteiger partial charge in [-0.1, -0.05) is 59.2 Å². The number of amides is 1. The molecule has 0 aliphatic rings. The van der Waals surface area contributed by atoms with Gasteiger partial charge in [0.05, 0.1) is 25.1 Å². The summed E-state index contributed by atoms with van der Waals surface area (Å²) in [5.74, 6) is 0.489. The molecule has 4 aromatic rings. The molecule has 0 aliphatic carbocycles. The normalized spacial score (nSPS) is 10.7. The second-order valence-electron chi connectivity index (χ2n) is 8.34. The summed E-state index contributed by atoms with van der Waals surface area (Å²) in [6.07, 6.45) is 0.216. The van der Waals surface area contributed by atoms with Crippen LogP contribution in [0, 0.1) is 6.92 Å². The average Bonchev–Trinajstić information content (AvgIpc) is 3.28. The molecule has 190 valence electrons. The van der Waals surface area contributed by atoms with Crippen molar-refractivity contribution in [2.45, 2.75) is 33.4 Å². The van der Waals surface area contributed by atoms with Crippen molar-refractivity contribution in [1.29, 1.82) is 0 Å². The van der Waals surface area contributed by atoms with Gasteiger partial charge in [-0.3, -0.25) is 4.79 Å². The molecule has 0 aliphatic heterocycles. The number of halogens is 1. The Bertz CT molecular complexity index is 1340. The van der Waals surface area contributed by atoms with Crippen LogP contribution >= 0.6 is 11.6 Å². The summed E-state index contributed by atoms with van der Waals surface area (Å²) < 4.78 is 16.0. The first-order valence-corrected chi connectivity index (χ1v) is 12.3. The van der Waals surface area contributed by atoms with Crippen LogP contribution in [0.15, 0.2) is 83.4 Å². The van der Waals surface area contributed by atoms with Gasteiger partial charge in [-0.05, 0) is 61.4 Å². The van der Waals surface area contributed by atoms with E-state index < -0.39 is 5.97 Å². The summed E-state index contributed by atoms with van der Waals surface area (Å²) >= 11 is 6.06. The van der Waals surface area contributed by atoms with Crippen LogP contribution < -0.4 is 9.64 Å². The number of rotatable bonds is 10. The second kappa shape index (κ2) is 12.2. The molecule has 1 aromatic heterocycles. The van der Waals surface area contributed by atoms with Crippen molar-refractivity contribution in [3.63, 3.8) is 0 Å². The summed E-state index contributed by atoms with van der Waals surface area (Å²) in [4.78, 5) is 27.2. The first-order valence-electron chi connectivity index (χ1n) is 11.9. The zero-order valence-corrected chi connectivity index (χ0v) is 21.4. The highest BCUT2D eigenvalue weighted by molar-refractivity contribution is 6.30. The van der Waals surface area contributed by atoms with Crippen LogP contribution in [0.1, 0.15) is 39.9 Å². The predicted molar refractivity (Wildman–Crippen MR) is 141 cm³/mol. The van der Waals surface area contributed by atoms with Gasteiger partial charge in [0.15, 0.2) is 5.69 Å². The fourth-order valence-electron chi connectivity index (χ4n) is 3.76. The number of benzene rings is 3. The molecule has 37 heavy (non-hydrogen) atoms. The number of ether oxygens (including phenoxy) is 2. The number of hydrogen-bond acceptors (Lipinski definition) is 6. The van der Waals surface area contributed by atoms with Crippen LogP contribution in [0.4, 0.5) is 5.69 Å². The van der Waals surface area contributed by atoms with Gasteiger partial charge in [-0.2, -0.15) is 0 Å². The topological polar surface area (TPSA) is 81.9 Å². The van der Waals surface area contributed by atoms with Gasteiger partial charge in [0.25, 0.3) is 0 Å². The van der Waals surface area contributed by atoms with Crippen molar-refractivity contribution in [3.05, 3.63) is 112 Å². The number of carbonyl (C=O) groups is 2. The quantitative estimate of drug-likeness (QED) is 0.233. The van der Waals surface area contributed by atoms with E-state index in [9.17, 15) is 9.59 Å². The number of hydrogen-bond donors (Lipinski definition) is 0. The Morgan fingerprint density at radius 3 is 2.32 bits per heavy atom. The largest absolute Gasteiger partial charge is 0.489 e. The van der Waals surface area contributed by atoms with Crippen LogP contribution in [-0.2, 0) is 29.1 Å². The molecule has 7 nitrogen and oxygen atoms in total. The summed E-state index contributed by atoms with van der Waals surface area (Å²) in [6.45, 7) is 4.23. The van der Waals surface area contributed by atoms with E-state index in [0.717, 1.165) is 16.8 Å². The van der Waals surface area contributed by atoms with E-state index in [0.29, 0.717) is 28.6 Å². The maximum atomic E-state index is 13.4. The zero-order chi connectivity index (χ0) is 26.2. The molecule has 0 radical (unpaired) electrons. The van der Waals surface area contributed by atoms with Crippen LogP contribution in [0.5, 0.6) is 5.75 Å². The molecule has 0 N–H and O–H groups in total. The first kappa shape index (κ1) is 26.0. The molecule has 0 saturated heterocycles. The lowest BCUT2D eigenvalue weighted by Gasteiger charge is -2.23. The molecule has 0 spiro atoms. The molecule has 0 bridgehead atoms. The lowest BCUT2D eigenvalue weighted by molar-refractivity contribution is -0.118. The van der Waals surface area contributed by atoms with Crippen LogP contribution in [-0.4, -0.2) is 23.6 Å². The monoisotopic (exact) mass is 518 g/mol. The summed E-state index contributed by atoms with van der Waals surface area (Å²) in [5.41, 5.74) is 3.30. The lowest BCUT2D eigenvalue weighted by Crippen LogP contribution is -2.31. The third-order valence-corrected chi connectivity index (χ3v) is 5.99. The minimum absolute atomic E-state index is 0.0426. The molecule has 1 amide bonds. The van der Waals surface area contributed by atoms with Gasteiger partial charge in [0.1, 0.15) is 18.1 Å². The van der Waals surface area contributed by atoms with Gasteiger partial charge >= 0.3 is 5.97 Å². The fraction of sp³-hybridized carbons (Fsp3) is 0.207. The first-order chi connectivity index (χ1) is 17.9.